The Hall–Kier alpha value is -1.54. The van der Waals surface area contributed by atoms with Crippen LogP contribution in [0.1, 0.15) is 17.2 Å². The van der Waals surface area contributed by atoms with Gasteiger partial charge in [0.05, 0.1) is 0 Å². The zero-order valence-corrected chi connectivity index (χ0v) is 12.9. The van der Waals surface area contributed by atoms with Gasteiger partial charge in [0, 0.05) is 16.1 Å². The lowest BCUT2D eigenvalue weighted by molar-refractivity contribution is 0.723. The predicted molar refractivity (Wildman–Crippen MR) is 91.0 cm³/mol. The van der Waals surface area contributed by atoms with Gasteiger partial charge in [-0.3, -0.25) is 0 Å². The van der Waals surface area contributed by atoms with Gasteiger partial charge in [0.25, 0.3) is 0 Å². The van der Waals surface area contributed by atoms with E-state index in [0.29, 0.717) is 10.0 Å². The zero-order chi connectivity index (χ0) is 14.8. The van der Waals surface area contributed by atoms with E-state index < -0.39 is 0 Å². The molecule has 0 radical (unpaired) electrons. The molecule has 0 aliphatic heterocycles. The molecule has 0 aromatic heterocycles. The standard InChI is InChI=1S/C18H15Cl2N/c19-16-9-15(10-17(20)11-16)18(21)8-12-5-6-13-3-1-2-4-14(13)7-12/h1-7,9-11,18H,8,21H2. The Bertz CT molecular complexity index is 763. The molecule has 3 aromatic carbocycles. The van der Waals surface area contributed by atoms with Crippen molar-refractivity contribution in [2.24, 2.45) is 5.73 Å². The van der Waals surface area contributed by atoms with E-state index >= 15 is 0 Å². The van der Waals surface area contributed by atoms with Crippen molar-refractivity contribution in [3.8, 4) is 0 Å². The second-order valence-electron chi connectivity index (χ2n) is 5.19. The number of fused-ring (bicyclic) bond motifs is 1. The second-order valence-corrected chi connectivity index (χ2v) is 6.07. The van der Waals surface area contributed by atoms with Crippen molar-refractivity contribution in [3.63, 3.8) is 0 Å². The largest absolute Gasteiger partial charge is 0.324 e. The summed E-state index contributed by atoms with van der Waals surface area (Å²) < 4.78 is 0. The zero-order valence-electron chi connectivity index (χ0n) is 11.4. The van der Waals surface area contributed by atoms with E-state index in [9.17, 15) is 0 Å². The number of rotatable bonds is 3. The maximum Gasteiger partial charge on any atom is 0.0424 e. The van der Waals surface area contributed by atoms with Crippen LogP contribution in [-0.2, 0) is 6.42 Å². The maximum atomic E-state index is 6.29. The van der Waals surface area contributed by atoms with Gasteiger partial charge in [0.1, 0.15) is 0 Å². The van der Waals surface area contributed by atoms with Crippen LogP contribution in [0.15, 0.2) is 60.7 Å². The van der Waals surface area contributed by atoms with Gasteiger partial charge in [-0.05, 0) is 46.5 Å². The van der Waals surface area contributed by atoms with Gasteiger partial charge < -0.3 is 5.73 Å². The van der Waals surface area contributed by atoms with E-state index in [2.05, 4.69) is 30.3 Å². The molecule has 1 atom stereocenters. The average molecular weight is 316 g/mol. The second kappa shape index (κ2) is 6.07. The normalized spacial score (nSPS) is 12.5. The monoisotopic (exact) mass is 315 g/mol. The van der Waals surface area contributed by atoms with Crippen molar-refractivity contribution >= 4 is 34.0 Å². The molecule has 2 N–H and O–H groups in total. The number of nitrogens with two attached hydrogens (primary N) is 1. The molecule has 0 saturated heterocycles. The molecule has 0 bridgehead atoms. The van der Waals surface area contributed by atoms with Crippen LogP contribution in [0.5, 0.6) is 0 Å². The fraction of sp³-hybridized carbons (Fsp3) is 0.111. The van der Waals surface area contributed by atoms with Crippen molar-refractivity contribution in [2.45, 2.75) is 12.5 Å². The quantitative estimate of drug-likeness (QED) is 0.689. The van der Waals surface area contributed by atoms with Crippen molar-refractivity contribution in [1.82, 2.24) is 0 Å². The third kappa shape index (κ3) is 3.38. The van der Waals surface area contributed by atoms with Crippen LogP contribution in [0.2, 0.25) is 10.0 Å². The summed E-state index contributed by atoms with van der Waals surface area (Å²) in [6, 6.07) is 20.1. The first-order chi connectivity index (χ1) is 10.1. The molecule has 0 aliphatic rings. The van der Waals surface area contributed by atoms with E-state index in [1.807, 2.05) is 24.3 Å². The molecule has 1 nitrogen and oxygen atoms in total. The number of halogens is 2. The lowest BCUT2D eigenvalue weighted by Gasteiger charge is -2.13. The van der Waals surface area contributed by atoms with E-state index in [0.717, 1.165) is 12.0 Å². The molecule has 1 unspecified atom stereocenters. The summed E-state index contributed by atoms with van der Waals surface area (Å²) in [6.45, 7) is 0. The van der Waals surface area contributed by atoms with Gasteiger partial charge >= 0.3 is 0 Å². The van der Waals surface area contributed by atoms with Crippen LogP contribution >= 0.6 is 23.2 Å². The van der Waals surface area contributed by atoms with Gasteiger partial charge in [0.2, 0.25) is 0 Å². The van der Waals surface area contributed by atoms with Crippen LogP contribution in [0.3, 0.4) is 0 Å². The Labute approximate surface area is 134 Å². The van der Waals surface area contributed by atoms with Crippen LogP contribution in [-0.4, -0.2) is 0 Å². The van der Waals surface area contributed by atoms with Crippen LogP contribution in [0.25, 0.3) is 10.8 Å². The summed E-state index contributed by atoms with van der Waals surface area (Å²) in [5.74, 6) is 0. The van der Waals surface area contributed by atoms with Gasteiger partial charge in [-0.2, -0.15) is 0 Å². The van der Waals surface area contributed by atoms with Gasteiger partial charge in [-0.1, -0.05) is 65.7 Å². The molecule has 106 valence electrons. The fourth-order valence-corrected chi connectivity index (χ4v) is 3.07. The molecule has 3 rings (SSSR count). The Balaban J connectivity index is 1.86. The highest BCUT2D eigenvalue weighted by molar-refractivity contribution is 6.34. The molecule has 0 saturated carbocycles. The first kappa shape index (κ1) is 14.4. The predicted octanol–water partition coefficient (Wildman–Crippen LogP) is 5.39. The maximum absolute atomic E-state index is 6.29. The third-order valence-corrected chi connectivity index (χ3v) is 4.02. The Kier molecular flexibility index (Phi) is 4.16. The minimum atomic E-state index is -0.123. The van der Waals surface area contributed by atoms with Crippen molar-refractivity contribution in [3.05, 3.63) is 81.8 Å². The number of hydrogen-bond acceptors (Lipinski definition) is 1. The highest BCUT2D eigenvalue weighted by Gasteiger charge is 2.09. The molecular formula is C18H15Cl2N. The lowest BCUT2D eigenvalue weighted by Crippen LogP contribution is -2.13. The van der Waals surface area contributed by atoms with Crippen LogP contribution in [0.4, 0.5) is 0 Å². The molecule has 0 spiro atoms. The smallest absolute Gasteiger partial charge is 0.0424 e. The summed E-state index contributed by atoms with van der Waals surface area (Å²) in [5, 5.41) is 3.70. The summed E-state index contributed by atoms with van der Waals surface area (Å²) in [7, 11) is 0. The molecule has 0 aliphatic carbocycles. The van der Waals surface area contributed by atoms with E-state index in [-0.39, 0.29) is 6.04 Å². The fourth-order valence-electron chi connectivity index (χ4n) is 2.53. The SMILES string of the molecule is NC(Cc1ccc2ccccc2c1)c1cc(Cl)cc(Cl)c1. The van der Waals surface area contributed by atoms with Gasteiger partial charge in [-0.15, -0.1) is 0 Å². The van der Waals surface area contributed by atoms with E-state index in [1.165, 1.54) is 16.3 Å². The average Bonchev–Trinajstić information content (AvgIpc) is 2.46. The minimum Gasteiger partial charge on any atom is -0.324 e. The highest BCUT2D eigenvalue weighted by atomic mass is 35.5. The highest BCUT2D eigenvalue weighted by Crippen LogP contribution is 2.25. The Morgan fingerprint density at radius 2 is 1.48 bits per heavy atom. The van der Waals surface area contributed by atoms with E-state index in [4.69, 9.17) is 28.9 Å². The van der Waals surface area contributed by atoms with Crippen molar-refractivity contribution in [2.75, 3.05) is 0 Å². The molecule has 21 heavy (non-hydrogen) atoms. The summed E-state index contributed by atoms with van der Waals surface area (Å²) in [5.41, 5.74) is 8.46. The summed E-state index contributed by atoms with van der Waals surface area (Å²) >= 11 is 12.1. The Morgan fingerprint density at radius 3 is 2.19 bits per heavy atom. The summed E-state index contributed by atoms with van der Waals surface area (Å²) in [6.07, 6.45) is 0.751. The molecule has 3 heteroatoms. The van der Waals surface area contributed by atoms with E-state index in [1.54, 1.807) is 6.07 Å². The van der Waals surface area contributed by atoms with Crippen LogP contribution < -0.4 is 5.73 Å². The topological polar surface area (TPSA) is 26.0 Å². The van der Waals surface area contributed by atoms with Gasteiger partial charge in [-0.25, -0.2) is 0 Å². The first-order valence-electron chi connectivity index (χ1n) is 6.81. The molecular weight excluding hydrogens is 301 g/mol. The van der Waals surface area contributed by atoms with Crippen LogP contribution in [0, 0.1) is 0 Å². The number of hydrogen-bond donors (Lipinski definition) is 1. The Morgan fingerprint density at radius 1 is 0.810 bits per heavy atom. The molecule has 3 aromatic rings. The lowest BCUT2D eigenvalue weighted by atomic mass is 9.98. The summed E-state index contributed by atoms with van der Waals surface area (Å²) in [4.78, 5) is 0. The van der Waals surface area contributed by atoms with Crippen molar-refractivity contribution in [1.29, 1.82) is 0 Å². The van der Waals surface area contributed by atoms with Gasteiger partial charge in [0.15, 0.2) is 0 Å². The minimum absolute atomic E-state index is 0.123. The molecule has 0 fully saturated rings. The first-order valence-corrected chi connectivity index (χ1v) is 7.57. The molecule has 0 heterocycles. The third-order valence-electron chi connectivity index (χ3n) is 3.58. The number of benzene rings is 3. The van der Waals surface area contributed by atoms with Crippen molar-refractivity contribution < 1.29 is 0 Å². The molecule has 0 amide bonds.